The molecule has 0 saturated carbocycles. The van der Waals surface area contributed by atoms with E-state index in [-0.39, 0.29) is 11.5 Å². The summed E-state index contributed by atoms with van der Waals surface area (Å²) in [5.41, 5.74) is 14.1. The summed E-state index contributed by atoms with van der Waals surface area (Å²) in [4.78, 5) is 15.7. The summed E-state index contributed by atoms with van der Waals surface area (Å²) in [5.74, 6) is -0.851. The number of nitrogens with zero attached hydrogens (tertiary/aromatic N) is 1. The molecule has 1 heterocycles. The van der Waals surface area contributed by atoms with E-state index in [0.29, 0.717) is 28.7 Å². The number of carboxylic acid groups (broad SMARTS) is 1. The van der Waals surface area contributed by atoms with Crippen LogP contribution in [0.1, 0.15) is 30.7 Å². The first-order chi connectivity index (χ1) is 13.6. The van der Waals surface area contributed by atoms with E-state index < -0.39 is 10.7 Å². The summed E-state index contributed by atoms with van der Waals surface area (Å²) >= 11 is 2.64. The zero-order chi connectivity index (χ0) is 21.6. The van der Waals surface area contributed by atoms with Crippen molar-refractivity contribution in [1.29, 1.82) is 0 Å². The van der Waals surface area contributed by atoms with Gasteiger partial charge < -0.3 is 21.9 Å². The number of nitrogens with two attached hydrogens (primary N) is 2. The van der Waals surface area contributed by atoms with Crippen molar-refractivity contribution in [2.24, 2.45) is 11.5 Å². The molecule has 6 N–H and O–H groups in total. The van der Waals surface area contributed by atoms with Crippen LogP contribution in [0, 0.1) is 12.7 Å². The van der Waals surface area contributed by atoms with Crippen molar-refractivity contribution in [3.8, 4) is 0 Å². The number of hydrogen-bond acceptors (Lipinski definition) is 7. The molecule has 1 aromatic heterocycles. The number of halogens is 1. The van der Waals surface area contributed by atoms with Crippen LogP contribution in [0.15, 0.2) is 45.9 Å². The summed E-state index contributed by atoms with van der Waals surface area (Å²) < 4.78 is 13.7. The smallest absolute Gasteiger partial charge is 0.319 e. The maximum absolute atomic E-state index is 13.9. The molecule has 0 amide bonds. The van der Waals surface area contributed by atoms with Crippen LogP contribution in [0.4, 0.5) is 4.39 Å². The zero-order valence-corrected chi connectivity index (χ0v) is 18.2. The number of carbonyl (C=O) groups is 1. The first-order valence-corrected chi connectivity index (χ1v) is 10.6. The Balaban J connectivity index is 1.88. The van der Waals surface area contributed by atoms with Gasteiger partial charge in [0.25, 0.3) is 0 Å². The lowest BCUT2D eigenvalue weighted by Gasteiger charge is -2.15. The Morgan fingerprint density at radius 3 is 2.76 bits per heavy atom. The number of aryl methyl sites for hydroxylation is 1. The van der Waals surface area contributed by atoms with E-state index in [1.807, 2.05) is 12.3 Å². The lowest BCUT2D eigenvalue weighted by atomic mass is 10.1. The second kappa shape index (κ2) is 9.80. The molecule has 156 valence electrons. The van der Waals surface area contributed by atoms with E-state index >= 15 is 0 Å². The van der Waals surface area contributed by atoms with Gasteiger partial charge in [0.1, 0.15) is 10.6 Å². The second-order valence-electron chi connectivity index (χ2n) is 6.93. The van der Waals surface area contributed by atoms with Gasteiger partial charge in [0.05, 0.1) is 11.5 Å². The fourth-order valence-corrected chi connectivity index (χ4v) is 4.46. The van der Waals surface area contributed by atoms with Gasteiger partial charge >= 0.3 is 5.97 Å². The summed E-state index contributed by atoms with van der Waals surface area (Å²) in [6.07, 6.45) is 3.78. The van der Waals surface area contributed by atoms with Crippen molar-refractivity contribution in [2.75, 3.05) is 6.54 Å². The highest BCUT2D eigenvalue weighted by molar-refractivity contribution is 8.02. The summed E-state index contributed by atoms with van der Waals surface area (Å²) in [7, 11) is 0. The van der Waals surface area contributed by atoms with Crippen LogP contribution >= 0.6 is 23.1 Å². The SMILES string of the molecule is Cc1ccc(/C(N)=C/C=C(\N)NCCc2csc(SC(C)(C)C(=O)O)n2)c(F)c1. The highest BCUT2D eigenvalue weighted by Crippen LogP contribution is 2.34. The minimum Gasteiger partial charge on any atom is -0.480 e. The Bertz CT molecular complexity index is 938. The van der Waals surface area contributed by atoms with Gasteiger partial charge in [0.2, 0.25) is 0 Å². The minimum atomic E-state index is -0.927. The monoisotopic (exact) mass is 436 g/mol. The predicted octanol–water partition coefficient (Wildman–Crippen LogP) is 3.48. The molecule has 0 unspecified atom stereocenters. The van der Waals surface area contributed by atoms with Crippen LogP contribution in [0.5, 0.6) is 0 Å². The predicted molar refractivity (Wildman–Crippen MR) is 117 cm³/mol. The van der Waals surface area contributed by atoms with Crippen LogP contribution in [-0.4, -0.2) is 27.4 Å². The Hall–Kier alpha value is -2.52. The van der Waals surface area contributed by atoms with Crippen molar-refractivity contribution >= 4 is 34.8 Å². The molecule has 0 aliphatic rings. The lowest BCUT2D eigenvalue weighted by Crippen LogP contribution is -2.26. The van der Waals surface area contributed by atoms with E-state index in [0.717, 1.165) is 11.3 Å². The fourth-order valence-electron chi connectivity index (χ4n) is 2.23. The molecule has 0 aliphatic heterocycles. The number of nitrogens with one attached hydrogen (secondary N) is 1. The van der Waals surface area contributed by atoms with Crippen molar-refractivity contribution < 1.29 is 14.3 Å². The highest BCUT2D eigenvalue weighted by atomic mass is 32.2. The molecule has 1 aromatic carbocycles. The van der Waals surface area contributed by atoms with Crippen LogP contribution in [-0.2, 0) is 11.2 Å². The van der Waals surface area contributed by atoms with Crippen molar-refractivity contribution in [1.82, 2.24) is 10.3 Å². The summed E-state index contributed by atoms with van der Waals surface area (Å²) in [5, 5.41) is 14.1. The number of thioether (sulfide) groups is 1. The fraction of sp³-hybridized carbons (Fsp3) is 0.300. The van der Waals surface area contributed by atoms with Gasteiger partial charge in [-0.2, -0.15) is 0 Å². The molecule has 0 radical (unpaired) electrons. The molecular formula is C20H25FN4O2S2. The van der Waals surface area contributed by atoms with Crippen molar-refractivity contribution in [3.63, 3.8) is 0 Å². The topological polar surface area (TPSA) is 114 Å². The standard InChI is InChI=1S/C20H25FN4O2S2/c1-12-4-5-14(15(21)10-12)16(22)6-7-17(23)24-9-8-13-11-28-19(25-13)29-20(2,3)18(26)27/h4-7,10-11,24H,8-9,22-23H2,1-3H3,(H,26,27)/b16-6-,17-7+. The maximum atomic E-state index is 13.9. The van der Waals surface area contributed by atoms with Crippen molar-refractivity contribution in [3.05, 3.63) is 64.2 Å². The van der Waals surface area contributed by atoms with Crippen LogP contribution in [0.25, 0.3) is 5.70 Å². The minimum absolute atomic E-state index is 0.287. The molecule has 29 heavy (non-hydrogen) atoms. The number of hydrogen-bond donors (Lipinski definition) is 4. The highest BCUT2D eigenvalue weighted by Gasteiger charge is 2.29. The molecule has 0 saturated heterocycles. The third-order valence-electron chi connectivity index (χ3n) is 3.98. The van der Waals surface area contributed by atoms with Gasteiger partial charge in [-0.25, -0.2) is 9.37 Å². The van der Waals surface area contributed by atoms with Gasteiger partial charge in [0.15, 0.2) is 4.34 Å². The quantitative estimate of drug-likeness (QED) is 0.351. The number of benzene rings is 1. The van der Waals surface area contributed by atoms with E-state index in [1.54, 1.807) is 38.1 Å². The Morgan fingerprint density at radius 1 is 1.38 bits per heavy atom. The molecule has 6 nitrogen and oxygen atoms in total. The molecule has 0 spiro atoms. The third kappa shape index (κ3) is 6.79. The number of allylic oxidation sites excluding steroid dienone is 2. The molecule has 0 bridgehead atoms. The third-order valence-corrected chi connectivity index (χ3v) is 6.15. The van der Waals surface area contributed by atoms with Crippen molar-refractivity contribution in [2.45, 2.75) is 36.3 Å². The first-order valence-electron chi connectivity index (χ1n) is 8.88. The van der Waals surface area contributed by atoms with Crippen LogP contribution in [0.3, 0.4) is 0 Å². The molecular weight excluding hydrogens is 411 g/mol. The van der Waals surface area contributed by atoms with Gasteiger partial charge in [-0.3, -0.25) is 4.79 Å². The number of aliphatic carboxylic acids is 1. The number of aromatic nitrogens is 1. The number of thiazole rings is 1. The first kappa shape index (κ1) is 22.8. The number of rotatable bonds is 9. The van der Waals surface area contributed by atoms with Gasteiger partial charge in [-0.15, -0.1) is 11.3 Å². The summed E-state index contributed by atoms with van der Waals surface area (Å²) in [6.45, 7) is 5.66. The molecule has 0 aliphatic carbocycles. The average Bonchev–Trinajstić information content (AvgIpc) is 3.06. The van der Waals surface area contributed by atoms with E-state index in [9.17, 15) is 14.3 Å². The summed E-state index contributed by atoms with van der Waals surface area (Å²) in [6, 6.07) is 4.86. The lowest BCUT2D eigenvalue weighted by molar-refractivity contribution is -0.138. The van der Waals surface area contributed by atoms with Gasteiger partial charge in [-0.05, 0) is 50.6 Å². The average molecular weight is 437 g/mol. The Morgan fingerprint density at radius 2 is 2.10 bits per heavy atom. The zero-order valence-electron chi connectivity index (χ0n) is 16.5. The molecule has 2 rings (SSSR count). The van der Waals surface area contributed by atoms with E-state index in [4.69, 9.17) is 11.5 Å². The Labute approximate surface area is 177 Å². The van der Waals surface area contributed by atoms with Crippen LogP contribution in [0.2, 0.25) is 0 Å². The maximum Gasteiger partial charge on any atom is 0.319 e. The molecule has 0 fully saturated rings. The Kier molecular flexibility index (Phi) is 7.69. The van der Waals surface area contributed by atoms with Crippen LogP contribution < -0.4 is 16.8 Å². The van der Waals surface area contributed by atoms with Gasteiger partial charge in [-0.1, -0.05) is 17.8 Å². The van der Waals surface area contributed by atoms with E-state index in [1.165, 1.54) is 29.2 Å². The van der Waals surface area contributed by atoms with Gasteiger partial charge in [0, 0.05) is 29.6 Å². The normalized spacial score (nSPS) is 12.8. The molecule has 2 aromatic rings. The largest absolute Gasteiger partial charge is 0.480 e. The van der Waals surface area contributed by atoms with E-state index in [2.05, 4.69) is 10.3 Å². The second-order valence-corrected chi connectivity index (χ2v) is 9.65. The molecule has 0 atom stereocenters. The molecule has 9 heteroatoms. The number of carboxylic acids is 1.